The summed E-state index contributed by atoms with van der Waals surface area (Å²) in [5, 5.41) is 6.90. The number of rotatable bonds is 7. The molecule has 0 saturated heterocycles. The number of fused-ring (bicyclic) bond motifs is 3. The van der Waals surface area contributed by atoms with Gasteiger partial charge in [0.05, 0.1) is 0 Å². The van der Waals surface area contributed by atoms with Crippen LogP contribution in [0.5, 0.6) is 5.75 Å². The summed E-state index contributed by atoms with van der Waals surface area (Å²) in [5.41, 5.74) is 3.70. The molecule has 2 aliphatic rings. The van der Waals surface area contributed by atoms with Crippen LogP contribution in [0.3, 0.4) is 0 Å². The Bertz CT molecular complexity index is 778. The van der Waals surface area contributed by atoms with Gasteiger partial charge >= 0.3 is 0 Å². The Balaban J connectivity index is 2.02. The Hall–Kier alpha value is -1.62. The lowest BCUT2D eigenvalue weighted by molar-refractivity contribution is -0.137. The van der Waals surface area contributed by atoms with Gasteiger partial charge in [-0.2, -0.15) is 11.3 Å². The van der Waals surface area contributed by atoms with Gasteiger partial charge in [0.2, 0.25) is 0 Å². The first-order valence-corrected chi connectivity index (χ1v) is 9.28. The van der Waals surface area contributed by atoms with E-state index in [0.717, 1.165) is 5.75 Å². The molecule has 0 saturated carbocycles. The molecule has 4 heteroatoms. The van der Waals surface area contributed by atoms with Crippen LogP contribution in [0.25, 0.3) is 21.9 Å². The molecule has 1 aromatic rings. The first kappa shape index (κ1) is 17.2. The van der Waals surface area contributed by atoms with Crippen molar-refractivity contribution in [3.8, 4) is 16.9 Å². The fourth-order valence-corrected chi connectivity index (χ4v) is 3.70. The van der Waals surface area contributed by atoms with Gasteiger partial charge in [0.1, 0.15) is 12.4 Å². The van der Waals surface area contributed by atoms with E-state index in [0.29, 0.717) is 19.1 Å². The molecule has 1 heterocycles. The van der Waals surface area contributed by atoms with Gasteiger partial charge < -0.3 is 14.2 Å². The zero-order valence-electron chi connectivity index (χ0n) is 14.7. The molecule has 1 unspecified atom stereocenters. The predicted octanol–water partition coefficient (Wildman–Crippen LogP) is 5.52. The summed E-state index contributed by atoms with van der Waals surface area (Å²) in [4.78, 5) is 0. The Labute approximate surface area is 147 Å². The van der Waals surface area contributed by atoms with Crippen LogP contribution >= 0.6 is 11.3 Å². The van der Waals surface area contributed by atoms with Crippen molar-refractivity contribution in [2.75, 3.05) is 20.3 Å². The first-order valence-electron chi connectivity index (χ1n) is 8.33. The van der Waals surface area contributed by atoms with Crippen LogP contribution in [0.1, 0.15) is 32.3 Å². The van der Waals surface area contributed by atoms with Gasteiger partial charge in [-0.05, 0) is 52.2 Å². The Morgan fingerprint density at radius 3 is 2.67 bits per heavy atom. The predicted molar refractivity (Wildman–Crippen MR) is 100 cm³/mol. The number of thiophene rings is 1. The number of ether oxygens (including phenoxy) is 3. The van der Waals surface area contributed by atoms with E-state index in [4.69, 9.17) is 14.2 Å². The van der Waals surface area contributed by atoms with E-state index in [-0.39, 0.29) is 6.29 Å². The number of hydrogen-bond acceptors (Lipinski definition) is 4. The summed E-state index contributed by atoms with van der Waals surface area (Å²) in [5.74, 6) is 1.35. The standard InChI is InChI=1S/C20H24O3S/c1-5-22-19(21-4)10-23-18-7-6-14(13(2)3)8-15-9-16-11-24-12-17(16)20(15)18/h6-9,11-13,19H,5,10H2,1-4H3. The van der Waals surface area contributed by atoms with E-state index in [2.05, 4.69) is 48.9 Å². The van der Waals surface area contributed by atoms with Crippen molar-refractivity contribution < 1.29 is 14.2 Å². The molecule has 0 radical (unpaired) electrons. The van der Waals surface area contributed by atoms with Crippen molar-refractivity contribution >= 4 is 22.1 Å². The minimum atomic E-state index is -0.354. The fourth-order valence-electron chi connectivity index (χ4n) is 2.90. The first-order chi connectivity index (χ1) is 11.6. The van der Waals surface area contributed by atoms with E-state index in [1.165, 1.54) is 27.5 Å². The minimum Gasteiger partial charge on any atom is -0.488 e. The zero-order chi connectivity index (χ0) is 17.1. The number of methoxy groups -OCH3 is 1. The SMILES string of the molecule is CCOC(COc1ccc(C(C)C)cc2cc3cscc3c1-2)OC. The fraction of sp³-hybridized carbons (Fsp3) is 0.400. The second-order valence-electron chi connectivity index (χ2n) is 6.14. The van der Waals surface area contributed by atoms with Crippen LogP contribution in [0.2, 0.25) is 0 Å². The van der Waals surface area contributed by atoms with Gasteiger partial charge in [-0.3, -0.25) is 0 Å². The van der Waals surface area contributed by atoms with Gasteiger partial charge in [-0.25, -0.2) is 0 Å². The summed E-state index contributed by atoms with van der Waals surface area (Å²) in [6, 6.07) is 8.75. The van der Waals surface area contributed by atoms with E-state index >= 15 is 0 Å². The maximum Gasteiger partial charge on any atom is 0.191 e. The summed E-state index contributed by atoms with van der Waals surface area (Å²) in [7, 11) is 1.64. The lowest BCUT2D eigenvalue weighted by Crippen LogP contribution is -2.23. The van der Waals surface area contributed by atoms with Crippen LogP contribution in [0.15, 0.2) is 35.0 Å². The molecular weight excluding hydrogens is 320 g/mol. The van der Waals surface area contributed by atoms with Crippen molar-refractivity contribution in [1.29, 1.82) is 0 Å². The Morgan fingerprint density at radius 2 is 1.96 bits per heavy atom. The minimum absolute atomic E-state index is 0.354. The van der Waals surface area contributed by atoms with Gasteiger partial charge in [0.15, 0.2) is 6.29 Å². The quantitative estimate of drug-likeness (QED) is 0.528. The van der Waals surface area contributed by atoms with E-state index in [9.17, 15) is 0 Å². The maximum absolute atomic E-state index is 6.11. The molecule has 0 aromatic carbocycles. The summed E-state index contributed by atoms with van der Waals surface area (Å²) in [6.45, 7) is 7.35. The van der Waals surface area contributed by atoms with Crippen LogP contribution in [0, 0.1) is 0 Å². The normalized spacial score (nSPS) is 13.0. The van der Waals surface area contributed by atoms with Crippen molar-refractivity contribution in [3.63, 3.8) is 0 Å². The molecule has 1 aromatic heterocycles. The van der Waals surface area contributed by atoms with E-state index < -0.39 is 0 Å². The van der Waals surface area contributed by atoms with Crippen molar-refractivity contribution in [2.24, 2.45) is 0 Å². The van der Waals surface area contributed by atoms with Gasteiger partial charge in [-0.1, -0.05) is 26.0 Å². The number of hydrogen-bond donors (Lipinski definition) is 0. The highest BCUT2D eigenvalue weighted by molar-refractivity contribution is 7.09. The van der Waals surface area contributed by atoms with Crippen molar-refractivity contribution in [1.82, 2.24) is 0 Å². The molecule has 2 aliphatic carbocycles. The second-order valence-corrected chi connectivity index (χ2v) is 6.89. The van der Waals surface area contributed by atoms with Gasteiger partial charge in [0, 0.05) is 24.7 Å². The zero-order valence-corrected chi connectivity index (χ0v) is 15.5. The highest BCUT2D eigenvalue weighted by Gasteiger charge is 2.18. The molecule has 3 nitrogen and oxygen atoms in total. The monoisotopic (exact) mass is 344 g/mol. The lowest BCUT2D eigenvalue weighted by Gasteiger charge is -2.16. The largest absolute Gasteiger partial charge is 0.488 e. The van der Waals surface area contributed by atoms with Crippen molar-refractivity contribution in [2.45, 2.75) is 33.0 Å². The van der Waals surface area contributed by atoms with E-state index in [1.54, 1.807) is 18.4 Å². The molecule has 0 aliphatic heterocycles. The van der Waals surface area contributed by atoms with Gasteiger partial charge in [-0.15, -0.1) is 0 Å². The smallest absolute Gasteiger partial charge is 0.191 e. The van der Waals surface area contributed by atoms with Gasteiger partial charge in [0.25, 0.3) is 0 Å². The third kappa shape index (κ3) is 3.41. The highest BCUT2D eigenvalue weighted by atomic mass is 32.1. The van der Waals surface area contributed by atoms with Crippen molar-refractivity contribution in [3.05, 3.63) is 40.6 Å². The Morgan fingerprint density at radius 1 is 1.12 bits per heavy atom. The highest BCUT2D eigenvalue weighted by Crippen LogP contribution is 2.42. The summed E-state index contributed by atoms with van der Waals surface area (Å²) >= 11 is 1.72. The van der Waals surface area contributed by atoms with Crippen LogP contribution in [-0.2, 0) is 9.47 Å². The molecule has 24 heavy (non-hydrogen) atoms. The van der Waals surface area contributed by atoms with Crippen LogP contribution < -0.4 is 4.74 Å². The lowest BCUT2D eigenvalue weighted by atomic mass is 10.0. The summed E-state index contributed by atoms with van der Waals surface area (Å²) in [6.07, 6.45) is -0.354. The molecule has 0 amide bonds. The maximum atomic E-state index is 6.11. The third-order valence-electron chi connectivity index (χ3n) is 4.21. The van der Waals surface area contributed by atoms with Crippen LogP contribution in [-0.4, -0.2) is 26.6 Å². The van der Waals surface area contributed by atoms with Crippen LogP contribution in [0.4, 0.5) is 0 Å². The average molecular weight is 344 g/mol. The summed E-state index contributed by atoms with van der Waals surface area (Å²) < 4.78 is 16.9. The molecule has 0 bridgehead atoms. The third-order valence-corrected chi connectivity index (χ3v) is 4.98. The molecule has 0 spiro atoms. The average Bonchev–Trinajstić information content (AvgIpc) is 3.08. The molecule has 3 rings (SSSR count). The second kappa shape index (κ2) is 7.51. The molecule has 128 valence electrons. The topological polar surface area (TPSA) is 27.7 Å². The molecule has 0 fully saturated rings. The Kier molecular flexibility index (Phi) is 5.39. The van der Waals surface area contributed by atoms with E-state index in [1.807, 2.05) is 6.92 Å². The molecule has 0 N–H and O–H groups in total. The molecular formula is C20H24O3S. The molecule has 1 atom stereocenters.